The highest BCUT2D eigenvalue weighted by Gasteiger charge is 2.22. The number of likely N-dealkylation sites (N-methyl/N-ethyl adjacent to an activating group) is 1. The summed E-state index contributed by atoms with van der Waals surface area (Å²) in [6, 6.07) is 0. The molecule has 0 aromatic rings. The molecule has 0 fully saturated rings. The van der Waals surface area contributed by atoms with Crippen molar-refractivity contribution in [2.24, 2.45) is 5.92 Å². The van der Waals surface area contributed by atoms with Gasteiger partial charge in [0.05, 0.1) is 0 Å². The number of carbonyl (C=O) groups excluding carboxylic acids is 1. The Morgan fingerprint density at radius 3 is 1.74 bits per heavy atom. The Morgan fingerprint density at radius 2 is 1.26 bits per heavy atom. The summed E-state index contributed by atoms with van der Waals surface area (Å²) in [5, 5.41) is 8.86. The lowest BCUT2D eigenvalue weighted by atomic mass is 9.93. The van der Waals surface area contributed by atoms with Crippen LogP contribution >= 0.6 is 0 Å². The van der Waals surface area contributed by atoms with Gasteiger partial charge >= 0.3 is 5.97 Å². The molecule has 0 aliphatic rings. The van der Waals surface area contributed by atoms with Crippen LogP contribution in [0.5, 0.6) is 0 Å². The van der Waals surface area contributed by atoms with E-state index in [1.807, 2.05) is 0 Å². The second-order valence-electron chi connectivity index (χ2n) is 6.69. The standard InChI is InChI=1S/C19H37NO3/c1-4-6-8-10-11-13-15-17(14-12-9-7-5-2)19(23)20(3)16-18(21)22/h17H,4-16H2,1-3H3,(H,21,22). The average molecular weight is 328 g/mol. The van der Waals surface area contributed by atoms with E-state index >= 15 is 0 Å². The zero-order valence-corrected chi connectivity index (χ0v) is 15.5. The van der Waals surface area contributed by atoms with Crippen molar-refractivity contribution in [2.45, 2.75) is 90.9 Å². The molecule has 136 valence electrons. The quantitative estimate of drug-likeness (QED) is 0.437. The molecule has 0 saturated carbocycles. The van der Waals surface area contributed by atoms with Crippen molar-refractivity contribution in [1.82, 2.24) is 4.90 Å². The van der Waals surface area contributed by atoms with Crippen LogP contribution in [0.25, 0.3) is 0 Å². The first kappa shape index (κ1) is 21.9. The number of aliphatic carboxylic acids is 1. The molecule has 4 heteroatoms. The molecule has 4 nitrogen and oxygen atoms in total. The van der Waals surface area contributed by atoms with Crippen LogP contribution in [0.4, 0.5) is 0 Å². The zero-order valence-electron chi connectivity index (χ0n) is 15.5. The summed E-state index contributed by atoms with van der Waals surface area (Å²) in [6.45, 7) is 4.20. The lowest BCUT2D eigenvalue weighted by molar-refractivity contribution is -0.145. The molecule has 0 saturated heterocycles. The topological polar surface area (TPSA) is 57.6 Å². The molecule has 0 heterocycles. The number of hydrogen-bond acceptors (Lipinski definition) is 2. The number of carboxylic acids is 1. The van der Waals surface area contributed by atoms with Gasteiger partial charge in [-0.15, -0.1) is 0 Å². The fraction of sp³-hybridized carbons (Fsp3) is 0.895. The minimum Gasteiger partial charge on any atom is -0.480 e. The number of nitrogens with zero attached hydrogens (tertiary/aromatic N) is 1. The predicted octanol–water partition coefficient (Wildman–Crippen LogP) is 4.87. The molecule has 1 unspecified atom stereocenters. The Hall–Kier alpha value is -1.06. The molecule has 0 aromatic carbocycles. The minimum atomic E-state index is -0.940. The van der Waals surface area contributed by atoms with Gasteiger partial charge in [0.2, 0.25) is 5.91 Å². The first-order chi connectivity index (χ1) is 11.0. The average Bonchev–Trinajstić information content (AvgIpc) is 2.51. The number of hydrogen-bond donors (Lipinski definition) is 1. The SMILES string of the molecule is CCCCCCCCC(CCCCCC)C(=O)N(C)CC(=O)O. The van der Waals surface area contributed by atoms with Crippen molar-refractivity contribution in [2.75, 3.05) is 13.6 Å². The fourth-order valence-electron chi connectivity index (χ4n) is 2.97. The van der Waals surface area contributed by atoms with Crippen LogP contribution < -0.4 is 0 Å². The van der Waals surface area contributed by atoms with Gasteiger partial charge < -0.3 is 10.0 Å². The van der Waals surface area contributed by atoms with E-state index in [0.29, 0.717) is 0 Å². The van der Waals surface area contributed by atoms with Crippen molar-refractivity contribution in [3.05, 3.63) is 0 Å². The molecule has 0 aliphatic heterocycles. The summed E-state index contributed by atoms with van der Waals surface area (Å²) in [5.41, 5.74) is 0. The normalized spacial score (nSPS) is 12.1. The highest BCUT2D eigenvalue weighted by Crippen LogP contribution is 2.20. The third-order valence-electron chi connectivity index (χ3n) is 4.41. The fourth-order valence-corrected chi connectivity index (χ4v) is 2.97. The summed E-state index contributed by atoms with van der Waals surface area (Å²) < 4.78 is 0. The molecule has 23 heavy (non-hydrogen) atoms. The van der Waals surface area contributed by atoms with Crippen LogP contribution in [0.3, 0.4) is 0 Å². The van der Waals surface area contributed by atoms with Gasteiger partial charge in [0, 0.05) is 13.0 Å². The maximum Gasteiger partial charge on any atom is 0.323 e. The van der Waals surface area contributed by atoms with E-state index in [1.54, 1.807) is 7.05 Å². The van der Waals surface area contributed by atoms with E-state index < -0.39 is 5.97 Å². The zero-order chi connectivity index (χ0) is 17.5. The summed E-state index contributed by atoms with van der Waals surface area (Å²) in [5.74, 6) is -0.926. The lowest BCUT2D eigenvalue weighted by Gasteiger charge is -2.22. The largest absolute Gasteiger partial charge is 0.480 e. The predicted molar refractivity (Wildman–Crippen MR) is 95.5 cm³/mol. The van der Waals surface area contributed by atoms with Gasteiger partial charge in [0.25, 0.3) is 0 Å². The lowest BCUT2D eigenvalue weighted by Crippen LogP contribution is -2.36. The van der Waals surface area contributed by atoms with E-state index in [-0.39, 0.29) is 18.4 Å². The Kier molecular flexibility index (Phi) is 13.9. The Bertz CT molecular complexity index is 318. The van der Waals surface area contributed by atoms with Gasteiger partial charge in [-0.2, -0.15) is 0 Å². The Labute approximate surface area is 142 Å². The molecule has 0 bridgehead atoms. The van der Waals surface area contributed by atoms with E-state index in [9.17, 15) is 9.59 Å². The number of unbranched alkanes of at least 4 members (excludes halogenated alkanes) is 8. The van der Waals surface area contributed by atoms with Gasteiger partial charge in [0.15, 0.2) is 0 Å². The van der Waals surface area contributed by atoms with E-state index in [0.717, 1.165) is 25.7 Å². The van der Waals surface area contributed by atoms with E-state index in [4.69, 9.17) is 5.11 Å². The third-order valence-corrected chi connectivity index (χ3v) is 4.41. The molecular weight excluding hydrogens is 290 g/mol. The van der Waals surface area contributed by atoms with Crippen LogP contribution in [0, 0.1) is 5.92 Å². The van der Waals surface area contributed by atoms with Crippen molar-refractivity contribution >= 4 is 11.9 Å². The van der Waals surface area contributed by atoms with Crippen molar-refractivity contribution in [3.63, 3.8) is 0 Å². The van der Waals surface area contributed by atoms with Gasteiger partial charge in [-0.1, -0.05) is 78.1 Å². The number of rotatable bonds is 15. The van der Waals surface area contributed by atoms with Crippen LogP contribution in [0.2, 0.25) is 0 Å². The second-order valence-corrected chi connectivity index (χ2v) is 6.69. The summed E-state index contributed by atoms with van der Waals surface area (Å²) in [7, 11) is 1.61. The van der Waals surface area contributed by atoms with Crippen molar-refractivity contribution in [1.29, 1.82) is 0 Å². The molecule has 0 aliphatic carbocycles. The van der Waals surface area contributed by atoms with Gasteiger partial charge in [-0.05, 0) is 12.8 Å². The van der Waals surface area contributed by atoms with Gasteiger partial charge in [-0.25, -0.2) is 0 Å². The van der Waals surface area contributed by atoms with Crippen LogP contribution in [-0.2, 0) is 9.59 Å². The van der Waals surface area contributed by atoms with Crippen LogP contribution in [0.15, 0.2) is 0 Å². The molecule has 1 N–H and O–H groups in total. The maximum atomic E-state index is 12.5. The number of carbonyl (C=O) groups is 2. The molecule has 0 rings (SSSR count). The molecule has 0 aromatic heterocycles. The highest BCUT2D eigenvalue weighted by atomic mass is 16.4. The van der Waals surface area contributed by atoms with Gasteiger partial charge in [-0.3, -0.25) is 9.59 Å². The van der Waals surface area contributed by atoms with Crippen molar-refractivity contribution in [3.8, 4) is 0 Å². The van der Waals surface area contributed by atoms with Crippen LogP contribution in [-0.4, -0.2) is 35.5 Å². The Morgan fingerprint density at radius 1 is 0.826 bits per heavy atom. The van der Waals surface area contributed by atoms with E-state index in [2.05, 4.69) is 13.8 Å². The van der Waals surface area contributed by atoms with E-state index in [1.165, 1.54) is 56.3 Å². The first-order valence-corrected chi connectivity index (χ1v) is 9.49. The van der Waals surface area contributed by atoms with Crippen molar-refractivity contribution < 1.29 is 14.7 Å². The molecule has 0 spiro atoms. The molecule has 0 radical (unpaired) electrons. The third kappa shape index (κ3) is 12.1. The molecular formula is C19H37NO3. The molecule has 1 amide bonds. The first-order valence-electron chi connectivity index (χ1n) is 9.49. The maximum absolute atomic E-state index is 12.5. The second kappa shape index (κ2) is 14.5. The van der Waals surface area contributed by atoms with Crippen LogP contribution in [0.1, 0.15) is 90.9 Å². The minimum absolute atomic E-state index is 0.00220. The summed E-state index contributed by atoms with van der Waals surface area (Å²) in [6.07, 6.45) is 13.8. The monoisotopic (exact) mass is 327 g/mol. The smallest absolute Gasteiger partial charge is 0.323 e. The number of carboxylic acid groups (broad SMARTS) is 1. The highest BCUT2D eigenvalue weighted by molar-refractivity contribution is 5.82. The number of amides is 1. The Balaban J connectivity index is 4.25. The van der Waals surface area contributed by atoms with Gasteiger partial charge in [0.1, 0.15) is 6.54 Å². The summed E-state index contributed by atoms with van der Waals surface area (Å²) >= 11 is 0. The summed E-state index contributed by atoms with van der Waals surface area (Å²) in [4.78, 5) is 24.7. The molecule has 1 atom stereocenters.